The van der Waals surface area contributed by atoms with Gasteiger partial charge in [0.05, 0.1) is 0 Å². The maximum atomic E-state index is 12.7. The molecular weight excluding hydrogens is 314 g/mol. The molecule has 0 saturated carbocycles. The van der Waals surface area contributed by atoms with Crippen LogP contribution < -0.4 is 0 Å². The zero-order chi connectivity index (χ0) is 17.6. The summed E-state index contributed by atoms with van der Waals surface area (Å²) in [6.07, 6.45) is 3.20. The van der Waals surface area contributed by atoms with Crippen LogP contribution >= 0.6 is 0 Å². The van der Waals surface area contributed by atoms with Crippen molar-refractivity contribution in [2.75, 3.05) is 32.7 Å². The summed E-state index contributed by atoms with van der Waals surface area (Å²) in [7, 11) is 0. The van der Waals surface area contributed by atoms with Crippen LogP contribution in [0.4, 0.5) is 0 Å². The highest BCUT2D eigenvalue weighted by atomic mass is 16.2. The summed E-state index contributed by atoms with van der Waals surface area (Å²) < 4.78 is 0. The molecular formula is C20H29N3O2. The van der Waals surface area contributed by atoms with Gasteiger partial charge >= 0.3 is 0 Å². The summed E-state index contributed by atoms with van der Waals surface area (Å²) in [5.41, 5.74) is 1.19. The van der Waals surface area contributed by atoms with Crippen LogP contribution in [0.2, 0.25) is 0 Å². The first kappa shape index (κ1) is 17.9. The average Bonchev–Trinajstić information content (AvgIpc) is 2.98. The molecule has 2 aliphatic heterocycles. The van der Waals surface area contributed by atoms with Gasteiger partial charge in [0.1, 0.15) is 0 Å². The van der Waals surface area contributed by atoms with E-state index < -0.39 is 0 Å². The molecule has 25 heavy (non-hydrogen) atoms. The lowest BCUT2D eigenvalue weighted by Crippen LogP contribution is -2.44. The Morgan fingerprint density at radius 1 is 1.00 bits per heavy atom. The van der Waals surface area contributed by atoms with E-state index in [0.717, 1.165) is 45.6 Å². The molecule has 2 aliphatic rings. The lowest BCUT2D eigenvalue weighted by molar-refractivity contribution is -0.133. The molecule has 0 aromatic heterocycles. The van der Waals surface area contributed by atoms with Gasteiger partial charge in [0, 0.05) is 58.2 Å². The van der Waals surface area contributed by atoms with Crippen LogP contribution in [0.5, 0.6) is 0 Å². The van der Waals surface area contributed by atoms with Gasteiger partial charge in [0.25, 0.3) is 0 Å². The monoisotopic (exact) mass is 343 g/mol. The number of benzene rings is 1. The molecule has 2 heterocycles. The van der Waals surface area contributed by atoms with Crippen molar-refractivity contribution >= 4 is 11.8 Å². The number of hydrogen-bond acceptors (Lipinski definition) is 3. The van der Waals surface area contributed by atoms with Crippen molar-refractivity contribution in [3.05, 3.63) is 35.9 Å². The molecule has 1 unspecified atom stereocenters. The van der Waals surface area contributed by atoms with E-state index in [-0.39, 0.29) is 17.9 Å². The summed E-state index contributed by atoms with van der Waals surface area (Å²) in [4.78, 5) is 30.9. The zero-order valence-corrected chi connectivity index (χ0v) is 15.2. The molecule has 3 rings (SSSR count). The average molecular weight is 343 g/mol. The molecule has 1 aromatic rings. The molecule has 2 fully saturated rings. The fourth-order valence-electron chi connectivity index (χ4n) is 3.84. The molecule has 1 aromatic carbocycles. The predicted molar refractivity (Wildman–Crippen MR) is 97.9 cm³/mol. The van der Waals surface area contributed by atoms with Gasteiger partial charge in [0.15, 0.2) is 0 Å². The van der Waals surface area contributed by atoms with Gasteiger partial charge < -0.3 is 9.80 Å². The number of amides is 2. The molecule has 0 aliphatic carbocycles. The Morgan fingerprint density at radius 3 is 2.48 bits per heavy atom. The van der Waals surface area contributed by atoms with Crippen molar-refractivity contribution in [2.24, 2.45) is 0 Å². The fraction of sp³-hybridized carbons (Fsp3) is 0.600. The SMILES string of the molecule is CCC1CN(CCN2CCCC2=O)CCC(=O)N1Cc1ccccc1. The summed E-state index contributed by atoms with van der Waals surface area (Å²) >= 11 is 0. The number of rotatable bonds is 6. The quantitative estimate of drug-likeness (QED) is 0.795. The number of nitrogens with zero attached hydrogens (tertiary/aromatic N) is 3. The Bertz CT molecular complexity index is 590. The Kier molecular flexibility index (Phi) is 6.08. The molecule has 2 saturated heterocycles. The van der Waals surface area contributed by atoms with Crippen LogP contribution in [-0.2, 0) is 16.1 Å². The normalized spacial score (nSPS) is 22.5. The maximum Gasteiger partial charge on any atom is 0.224 e. The second-order valence-electron chi connectivity index (χ2n) is 7.10. The van der Waals surface area contributed by atoms with E-state index in [1.807, 2.05) is 23.1 Å². The van der Waals surface area contributed by atoms with Crippen molar-refractivity contribution in [1.29, 1.82) is 0 Å². The van der Waals surface area contributed by atoms with Crippen LogP contribution in [0.15, 0.2) is 30.3 Å². The smallest absolute Gasteiger partial charge is 0.224 e. The van der Waals surface area contributed by atoms with E-state index in [1.165, 1.54) is 5.56 Å². The van der Waals surface area contributed by atoms with Crippen LogP contribution in [-0.4, -0.2) is 65.3 Å². The second-order valence-corrected chi connectivity index (χ2v) is 7.10. The van der Waals surface area contributed by atoms with E-state index in [9.17, 15) is 9.59 Å². The number of carbonyl (C=O) groups is 2. The third-order valence-corrected chi connectivity index (χ3v) is 5.40. The van der Waals surface area contributed by atoms with E-state index in [0.29, 0.717) is 19.4 Å². The van der Waals surface area contributed by atoms with E-state index >= 15 is 0 Å². The Morgan fingerprint density at radius 2 is 1.80 bits per heavy atom. The van der Waals surface area contributed by atoms with Crippen LogP contribution in [0.1, 0.15) is 38.2 Å². The van der Waals surface area contributed by atoms with Gasteiger partial charge in [-0.25, -0.2) is 0 Å². The Balaban J connectivity index is 1.60. The van der Waals surface area contributed by atoms with E-state index in [4.69, 9.17) is 0 Å². The highest BCUT2D eigenvalue weighted by Crippen LogP contribution is 2.18. The summed E-state index contributed by atoms with van der Waals surface area (Å²) in [6.45, 7) is 7.10. The van der Waals surface area contributed by atoms with Gasteiger partial charge in [-0.3, -0.25) is 14.5 Å². The van der Waals surface area contributed by atoms with Crippen molar-refractivity contribution in [3.8, 4) is 0 Å². The standard InChI is InChI=1S/C20H29N3O2/c1-2-18-16-21(13-14-22-11-6-9-19(22)24)12-10-20(25)23(18)15-17-7-4-3-5-8-17/h3-5,7-8,18H,2,6,9-16H2,1H3. The van der Waals surface area contributed by atoms with Gasteiger partial charge in [0.2, 0.25) is 11.8 Å². The Labute approximate surface area is 150 Å². The molecule has 5 heteroatoms. The molecule has 0 radical (unpaired) electrons. The summed E-state index contributed by atoms with van der Waals surface area (Å²) in [5.74, 6) is 0.527. The molecule has 2 amide bonds. The van der Waals surface area contributed by atoms with E-state index in [1.54, 1.807) is 0 Å². The predicted octanol–water partition coefficient (Wildman–Crippen LogP) is 2.12. The van der Waals surface area contributed by atoms with Crippen molar-refractivity contribution in [3.63, 3.8) is 0 Å². The second kappa shape index (κ2) is 8.48. The zero-order valence-electron chi connectivity index (χ0n) is 15.2. The van der Waals surface area contributed by atoms with Gasteiger partial charge in [-0.1, -0.05) is 37.3 Å². The highest BCUT2D eigenvalue weighted by molar-refractivity contribution is 5.78. The topological polar surface area (TPSA) is 43.9 Å². The summed E-state index contributed by atoms with van der Waals surface area (Å²) in [5, 5.41) is 0. The minimum Gasteiger partial charge on any atom is -0.341 e. The Hall–Kier alpha value is -1.88. The molecule has 1 atom stereocenters. The molecule has 0 N–H and O–H groups in total. The van der Waals surface area contributed by atoms with Gasteiger partial charge in [-0.2, -0.15) is 0 Å². The van der Waals surface area contributed by atoms with Crippen molar-refractivity contribution < 1.29 is 9.59 Å². The first-order valence-electron chi connectivity index (χ1n) is 9.51. The third-order valence-electron chi connectivity index (χ3n) is 5.40. The third kappa shape index (κ3) is 4.60. The lowest BCUT2D eigenvalue weighted by Gasteiger charge is -2.32. The number of hydrogen-bond donors (Lipinski definition) is 0. The lowest BCUT2D eigenvalue weighted by atomic mass is 10.1. The number of likely N-dealkylation sites (tertiary alicyclic amines) is 1. The van der Waals surface area contributed by atoms with E-state index in [2.05, 4.69) is 28.9 Å². The first-order chi connectivity index (χ1) is 12.2. The van der Waals surface area contributed by atoms with Crippen molar-refractivity contribution in [2.45, 2.75) is 45.2 Å². The van der Waals surface area contributed by atoms with Crippen molar-refractivity contribution in [1.82, 2.24) is 14.7 Å². The molecule has 0 spiro atoms. The van der Waals surface area contributed by atoms with Crippen LogP contribution in [0, 0.1) is 0 Å². The largest absolute Gasteiger partial charge is 0.341 e. The van der Waals surface area contributed by atoms with Gasteiger partial charge in [-0.05, 0) is 18.4 Å². The molecule has 136 valence electrons. The highest BCUT2D eigenvalue weighted by Gasteiger charge is 2.29. The minimum absolute atomic E-state index is 0.240. The van der Waals surface area contributed by atoms with Crippen LogP contribution in [0.25, 0.3) is 0 Å². The van der Waals surface area contributed by atoms with Crippen LogP contribution in [0.3, 0.4) is 0 Å². The summed E-state index contributed by atoms with van der Waals surface area (Å²) in [6, 6.07) is 10.5. The molecule has 0 bridgehead atoms. The fourth-order valence-corrected chi connectivity index (χ4v) is 3.84. The molecule has 5 nitrogen and oxygen atoms in total. The first-order valence-corrected chi connectivity index (χ1v) is 9.51. The number of carbonyl (C=O) groups excluding carboxylic acids is 2. The van der Waals surface area contributed by atoms with Gasteiger partial charge in [-0.15, -0.1) is 0 Å². The maximum absolute atomic E-state index is 12.7. The minimum atomic E-state index is 0.240.